The van der Waals surface area contributed by atoms with E-state index in [2.05, 4.69) is 5.10 Å². The molecule has 1 unspecified atom stereocenters. The summed E-state index contributed by atoms with van der Waals surface area (Å²) in [6, 6.07) is 0.302. The molecule has 2 aliphatic carbocycles. The smallest absolute Gasteiger partial charge is 0.342 e. The summed E-state index contributed by atoms with van der Waals surface area (Å²) < 4.78 is 3.45. The van der Waals surface area contributed by atoms with Crippen LogP contribution in [-0.4, -0.2) is 38.2 Å². The average molecular weight is 361 g/mol. The number of aryl methyl sites for hydroxylation is 1. The van der Waals surface area contributed by atoms with E-state index in [9.17, 15) is 9.59 Å². The van der Waals surface area contributed by atoms with Gasteiger partial charge in [-0.05, 0) is 44.4 Å². The second kappa shape index (κ2) is 7.57. The van der Waals surface area contributed by atoms with Crippen LogP contribution in [0.4, 0.5) is 0 Å². The summed E-state index contributed by atoms with van der Waals surface area (Å²) in [6.45, 7) is 1.59. The molecular weight excluding hydrogens is 328 g/mol. The zero-order valence-electron chi connectivity index (χ0n) is 16.0. The third kappa shape index (κ3) is 3.47. The summed E-state index contributed by atoms with van der Waals surface area (Å²) in [5, 5.41) is 4.60. The topological polar surface area (TPSA) is 60.1 Å². The van der Waals surface area contributed by atoms with Crippen molar-refractivity contribution in [2.45, 2.75) is 82.6 Å². The van der Waals surface area contributed by atoms with E-state index in [0.29, 0.717) is 24.3 Å². The van der Waals surface area contributed by atoms with Crippen LogP contribution in [0.3, 0.4) is 0 Å². The van der Waals surface area contributed by atoms with Gasteiger partial charge in [0, 0.05) is 38.5 Å². The first-order valence-electron chi connectivity index (χ1n) is 10.6. The lowest BCUT2D eigenvalue weighted by atomic mass is 9.95. The molecule has 1 saturated heterocycles. The molecular formula is C20H32N4O2. The minimum atomic E-state index is 0.0151. The number of rotatable bonds is 4. The molecule has 0 N–H and O–H groups in total. The van der Waals surface area contributed by atoms with Gasteiger partial charge in [0.05, 0.1) is 0 Å². The van der Waals surface area contributed by atoms with Gasteiger partial charge in [-0.1, -0.05) is 25.7 Å². The van der Waals surface area contributed by atoms with Crippen molar-refractivity contribution in [3.63, 3.8) is 0 Å². The van der Waals surface area contributed by atoms with E-state index in [-0.39, 0.29) is 11.6 Å². The highest BCUT2D eigenvalue weighted by Gasteiger charge is 2.32. The molecule has 6 nitrogen and oxygen atoms in total. The Morgan fingerprint density at radius 3 is 2.46 bits per heavy atom. The Labute approximate surface area is 155 Å². The molecule has 0 aromatic carbocycles. The lowest BCUT2D eigenvalue weighted by Gasteiger charge is -2.33. The van der Waals surface area contributed by atoms with Crippen LogP contribution in [0.5, 0.6) is 0 Å². The van der Waals surface area contributed by atoms with Crippen molar-refractivity contribution >= 4 is 5.91 Å². The number of nitrogens with zero attached hydrogens (tertiary/aromatic N) is 4. The Kier molecular flexibility index (Phi) is 5.18. The molecule has 3 aliphatic rings. The van der Waals surface area contributed by atoms with Gasteiger partial charge in [0.25, 0.3) is 0 Å². The summed E-state index contributed by atoms with van der Waals surface area (Å²) in [5.74, 6) is 2.02. The fraction of sp³-hybridized carbons (Fsp3) is 0.850. The number of aromatic nitrogens is 3. The van der Waals surface area contributed by atoms with Crippen LogP contribution in [0.25, 0.3) is 0 Å². The first-order chi connectivity index (χ1) is 12.6. The molecule has 1 aromatic rings. The molecule has 1 aromatic heterocycles. The fourth-order valence-electron chi connectivity index (χ4n) is 5.29. The van der Waals surface area contributed by atoms with E-state index in [0.717, 1.165) is 44.6 Å². The van der Waals surface area contributed by atoms with Crippen molar-refractivity contribution < 1.29 is 4.79 Å². The zero-order valence-corrected chi connectivity index (χ0v) is 16.0. The molecule has 26 heavy (non-hydrogen) atoms. The molecule has 6 heteroatoms. The lowest BCUT2D eigenvalue weighted by Crippen LogP contribution is -2.40. The van der Waals surface area contributed by atoms with Crippen molar-refractivity contribution in [3.8, 4) is 0 Å². The van der Waals surface area contributed by atoms with E-state index in [1.165, 1.54) is 43.2 Å². The van der Waals surface area contributed by atoms with E-state index >= 15 is 0 Å². The maximum Gasteiger partial charge on any atom is 0.345 e. The van der Waals surface area contributed by atoms with Gasteiger partial charge in [-0.25, -0.2) is 9.48 Å². The van der Waals surface area contributed by atoms with Gasteiger partial charge in [0.1, 0.15) is 5.82 Å². The van der Waals surface area contributed by atoms with Crippen LogP contribution in [0.2, 0.25) is 0 Å². The van der Waals surface area contributed by atoms with Crippen LogP contribution in [0.1, 0.15) is 88.4 Å². The molecule has 3 fully saturated rings. The maximum absolute atomic E-state index is 12.8. The third-order valence-electron chi connectivity index (χ3n) is 6.75. The third-order valence-corrected chi connectivity index (χ3v) is 6.75. The van der Waals surface area contributed by atoms with Crippen LogP contribution >= 0.6 is 0 Å². The second-order valence-corrected chi connectivity index (χ2v) is 8.61. The van der Waals surface area contributed by atoms with Crippen LogP contribution in [0.15, 0.2) is 4.79 Å². The first-order valence-corrected chi connectivity index (χ1v) is 10.6. The summed E-state index contributed by atoms with van der Waals surface area (Å²) in [7, 11) is 1.75. The minimum absolute atomic E-state index is 0.0151. The summed E-state index contributed by atoms with van der Waals surface area (Å²) in [4.78, 5) is 27.5. The van der Waals surface area contributed by atoms with E-state index < -0.39 is 0 Å². The average Bonchev–Trinajstić information content (AvgIpc) is 3.38. The van der Waals surface area contributed by atoms with Crippen LogP contribution in [0, 0.1) is 5.92 Å². The molecule has 0 bridgehead atoms. The fourth-order valence-corrected chi connectivity index (χ4v) is 5.29. The molecule has 0 radical (unpaired) electrons. The molecule has 2 heterocycles. The van der Waals surface area contributed by atoms with Crippen LogP contribution < -0.4 is 5.69 Å². The molecule has 144 valence electrons. The first kappa shape index (κ1) is 17.8. The van der Waals surface area contributed by atoms with Gasteiger partial charge in [0.2, 0.25) is 5.91 Å². The lowest BCUT2D eigenvalue weighted by molar-refractivity contribution is -0.133. The zero-order chi connectivity index (χ0) is 18.1. The molecule has 1 amide bonds. The number of piperidine rings is 1. The Bertz CT molecular complexity index is 695. The Morgan fingerprint density at radius 2 is 1.73 bits per heavy atom. The van der Waals surface area contributed by atoms with E-state index in [1.807, 2.05) is 9.47 Å². The number of hydrogen-bond donors (Lipinski definition) is 0. The molecule has 0 spiro atoms. The largest absolute Gasteiger partial charge is 0.345 e. The number of carbonyl (C=O) groups excluding carboxylic acids is 1. The summed E-state index contributed by atoms with van der Waals surface area (Å²) in [6.07, 6.45) is 12.3. The highest BCUT2D eigenvalue weighted by Crippen LogP contribution is 2.34. The van der Waals surface area contributed by atoms with Gasteiger partial charge in [-0.3, -0.25) is 9.36 Å². The SMILES string of the molecule is Cn1nc(C2CCCN(C(=O)CC3CCCC3)C2)n(C2CCCC2)c1=O. The highest BCUT2D eigenvalue weighted by molar-refractivity contribution is 5.76. The van der Waals surface area contributed by atoms with Crippen molar-refractivity contribution in [2.24, 2.45) is 13.0 Å². The van der Waals surface area contributed by atoms with Gasteiger partial charge >= 0.3 is 5.69 Å². The normalized spacial score (nSPS) is 25.3. The maximum atomic E-state index is 12.8. The predicted molar refractivity (Wildman–Crippen MR) is 100 cm³/mol. The molecule has 2 saturated carbocycles. The standard InChI is InChI=1S/C20H32N4O2/c1-22-20(26)24(17-10-4-5-11-17)19(21-22)16-9-6-12-23(14-16)18(25)13-15-7-2-3-8-15/h15-17H,2-14H2,1H3. The summed E-state index contributed by atoms with van der Waals surface area (Å²) >= 11 is 0. The van der Waals surface area contributed by atoms with Gasteiger partial charge < -0.3 is 4.90 Å². The van der Waals surface area contributed by atoms with Crippen molar-refractivity contribution in [3.05, 3.63) is 16.3 Å². The molecule has 4 rings (SSSR count). The Balaban J connectivity index is 1.50. The number of hydrogen-bond acceptors (Lipinski definition) is 3. The number of amides is 1. The summed E-state index contributed by atoms with van der Waals surface area (Å²) in [5.41, 5.74) is 0.0151. The van der Waals surface area contributed by atoms with Gasteiger partial charge in [0.15, 0.2) is 0 Å². The molecule has 1 atom stereocenters. The van der Waals surface area contributed by atoms with E-state index in [1.54, 1.807) is 7.05 Å². The number of likely N-dealkylation sites (tertiary alicyclic amines) is 1. The van der Waals surface area contributed by atoms with E-state index in [4.69, 9.17) is 0 Å². The highest BCUT2D eigenvalue weighted by atomic mass is 16.2. The van der Waals surface area contributed by atoms with Gasteiger partial charge in [-0.2, -0.15) is 5.10 Å². The second-order valence-electron chi connectivity index (χ2n) is 8.61. The van der Waals surface area contributed by atoms with Crippen molar-refractivity contribution in [1.82, 2.24) is 19.2 Å². The van der Waals surface area contributed by atoms with Gasteiger partial charge in [-0.15, -0.1) is 0 Å². The quantitative estimate of drug-likeness (QED) is 0.829. The monoisotopic (exact) mass is 360 g/mol. The Morgan fingerprint density at radius 1 is 1.04 bits per heavy atom. The van der Waals surface area contributed by atoms with Crippen LogP contribution in [-0.2, 0) is 11.8 Å². The Hall–Kier alpha value is -1.59. The van der Waals surface area contributed by atoms with Crippen molar-refractivity contribution in [2.75, 3.05) is 13.1 Å². The molecule has 1 aliphatic heterocycles. The number of carbonyl (C=O) groups is 1. The predicted octanol–water partition coefficient (Wildman–Crippen LogP) is 2.98. The van der Waals surface area contributed by atoms with Crippen molar-refractivity contribution in [1.29, 1.82) is 0 Å². The minimum Gasteiger partial charge on any atom is -0.342 e.